The van der Waals surface area contributed by atoms with Gasteiger partial charge in [0.25, 0.3) is 12.2 Å². The van der Waals surface area contributed by atoms with Crippen LogP contribution in [0.2, 0.25) is 0 Å². The Kier molecular flexibility index (Phi) is 2.53. The van der Waals surface area contributed by atoms with Crippen LogP contribution in [0, 0.1) is 0 Å². The molecule has 0 bridgehead atoms. The van der Waals surface area contributed by atoms with Crippen LogP contribution in [0.4, 0.5) is 8.78 Å². The van der Waals surface area contributed by atoms with Crippen LogP contribution in [0.25, 0.3) is 5.70 Å². The molecule has 2 rings (SSSR count). The lowest BCUT2D eigenvalue weighted by Gasteiger charge is -2.16. The molecule has 0 fully saturated rings. The lowest BCUT2D eigenvalue weighted by atomic mass is 10.1. The standard InChI is InChI=1S/C10H9F2NO3/c11-9(12)10(15)5-7(13-16-10)6-3-1-2-4-8(6)14/h1-5,9,13-15H. The maximum atomic E-state index is 12.4. The summed E-state index contributed by atoms with van der Waals surface area (Å²) in [6.07, 6.45) is -2.25. The Hall–Kier alpha value is -1.66. The van der Waals surface area contributed by atoms with Gasteiger partial charge in [0.2, 0.25) is 0 Å². The quantitative estimate of drug-likeness (QED) is 0.713. The topological polar surface area (TPSA) is 61.7 Å². The third-order valence-electron chi connectivity index (χ3n) is 2.18. The molecule has 1 heterocycles. The van der Waals surface area contributed by atoms with Crippen LogP contribution in [0.5, 0.6) is 5.75 Å². The smallest absolute Gasteiger partial charge is 0.297 e. The van der Waals surface area contributed by atoms with Crippen molar-refractivity contribution in [3.8, 4) is 5.75 Å². The van der Waals surface area contributed by atoms with Gasteiger partial charge in [-0.2, -0.15) is 0 Å². The van der Waals surface area contributed by atoms with E-state index in [9.17, 15) is 19.0 Å². The predicted octanol–water partition coefficient (Wildman–Crippen LogP) is 1.22. The number of hydrogen-bond acceptors (Lipinski definition) is 4. The number of benzene rings is 1. The van der Waals surface area contributed by atoms with E-state index in [1.807, 2.05) is 0 Å². The fraction of sp³-hybridized carbons (Fsp3) is 0.200. The van der Waals surface area contributed by atoms with Gasteiger partial charge in [0.15, 0.2) is 0 Å². The number of nitrogens with one attached hydrogen (secondary N) is 1. The van der Waals surface area contributed by atoms with Gasteiger partial charge in [0.05, 0.1) is 5.70 Å². The molecule has 0 spiro atoms. The number of hydrogen-bond donors (Lipinski definition) is 3. The van der Waals surface area contributed by atoms with Gasteiger partial charge < -0.3 is 10.2 Å². The molecule has 1 aliphatic rings. The first-order valence-electron chi connectivity index (χ1n) is 4.49. The minimum Gasteiger partial charge on any atom is -0.507 e. The first-order chi connectivity index (χ1) is 7.53. The van der Waals surface area contributed by atoms with E-state index in [-0.39, 0.29) is 17.0 Å². The van der Waals surface area contributed by atoms with E-state index in [2.05, 4.69) is 10.3 Å². The maximum Gasteiger partial charge on any atom is 0.297 e. The number of phenols is 1. The SMILES string of the molecule is Oc1ccccc1C1=CC(O)(C(F)F)ON1. The van der Waals surface area contributed by atoms with E-state index < -0.39 is 12.2 Å². The summed E-state index contributed by atoms with van der Waals surface area (Å²) in [6, 6.07) is 6.12. The molecule has 0 radical (unpaired) electrons. The van der Waals surface area contributed by atoms with Crippen molar-refractivity contribution in [2.75, 3.05) is 0 Å². The summed E-state index contributed by atoms with van der Waals surface area (Å²) in [7, 11) is 0. The van der Waals surface area contributed by atoms with Gasteiger partial charge in [-0.3, -0.25) is 5.48 Å². The van der Waals surface area contributed by atoms with Gasteiger partial charge in [0, 0.05) is 11.6 Å². The molecule has 6 heteroatoms. The van der Waals surface area contributed by atoms with Crippen LogP contribution in [0.1, 0.15) is 5.56 Å². The molecule has 1 aromatic carbocycles. The predicted molar refractivity (Wildman–Crippen MR) is 51.3 cm³/mol. The van der Waals surface area contributed by atoms with Gasteiger partial charge in [0.1, 0.15) is 5.75 Å². The number of hydroxylamine groups is 1. The number of halogens is 2. The van der Waals surface area contributed by atoms with Gasteiger partial charge >= 0.3 is 0 Å². The van der Waals surface area contributed by atoms with Crippen molar-refractivity contribution in [1.82, 2.24) is 5.48 Å². The van der Waals surface area contributed by atoms with Crippen molar-refractivity contribution >= 4 is 5.70 Å². The third kappa shape index (κ3) is 1.72. The summed E-state index contributed by atoms with van der Waals surface area (Å²) < 4.78 is 24.8. The molecule has 0 aliphatic carbocycles. The summed E-state index contributed by atoms with van der Waals surface area (Å²) in [6.45, 7) is 0. The molecule has 86 valence electrons. The molecular formula is C10H9F2NO3. The lowest BCUT2D eigenvalue weighted by Crippen LogP contribution is -2.37. The summed E-state index contributed by atoms with van der Waals surface area (Å²) in [5, 5.41) is 18.8. The Bertz CT molecular complexity index is 436. The molecule has 1 aliphatic heterocycles. The lowest BCUT2D eigenvalue weighted by molar-refractivity contribution is -0.245. The van der Waals surface area contributed by atoms with E-state index >= 15 is 0 Å². The highest BCUT2D eigenvalue weighted by Gasteiger charge is 2.42. The summed E-state index contributed by atoms with van der Waals surface area (Å²) in [5.41, 5.74) is 2.53. The van der Waals surface area contributed by atoms with Gasteiger partial charge in [-0.1, -0.05) is 12.1 Å². The van der Waals surface area contributed by atoms with Crippen LogP contribution in [0.15, 0.2) is 30.3 Å². The molecule has 1 atom stereocenters. The van der Waals surface area contributed by atoms with Gasteiger partial charge in [-0.05, 0) is 12.1 Å². The number of rotatable bonds is 2. The minimum atomic E-state index is -3.08. The zero-order valence-corrected chi connectivity index (χ0v) is 8.02. The number of alkyl halides is 2. The van der Waals surface area contributed by atoms with Crippen LogP contribution in [-0.4, -0.2) is 22.4 Å². The Morgan fingerprint density at radius 3 is 2.56 bits per heavy atom. The van der Waals surface area contributed by atoms with E-state index in [1.54, 1.807) is 12.1 Å². The molecular weight excluding hydrogens is 220 g/mol. The normalized spacial score (nSPS) is 24.4. The number of phenolic OH excluding ortho intramolecular Hbond substituents is 1. The average Bonchev–Trinajstić information content (AvgIpc) is 2.63. The van der Waals surface area contributed by atoms with Crippen molar-refractivity contribution in [2.45, 2.75) is 12.2 Å². The van der Waals surface area contributed by atoms with Crippen molar-refractivity contribution in [2.24, 2.45) is 0 Å². The summed E-state index contributed by atoms with van der Waals surface area (Å²) >= 11 is 0. The van der Waals surface area contributed by atoms with Gasteiger partial charge in [-0.25, -0.2) is 13.6 Å². The van der Waals surface area contributed by atoms with Crippen molar-refractivity contribution in [3.63, 3.8) is 0 Å². The molecule has 16 heavy (non-hydrogen) atoms. The van der Waals surface area contributed by atoms with Crippen LogP contribution < -0.4 is 5.48 Å². The molecule has 1 unspecified atom stereocenters. The summed E-state index contributed by atoms with van der Waals surface area (Å²) in [5.74, 6) is -2.75. The molecule has 1 aromatic rings. The third-order valence-corrected chi connectivity index (χ3v) is 2.18. The first kappa shape index (κ1) is 10.8. The van der Waals surface area contributed by atoms with Gasteiger partial charge in [-0.15, -0.1) is 0 Å². The fourth-order valence-electron chi connectivity index (χ4n) is 1.34. The molecule has 0 aromatic heterocycles. The number of aliphatic hydroxyl groups is 1. The van der Waals surface area contributed by atoms with E-state index in [0.717, 1.165) is 6.08 Å². The average molecular weight is 229 g/mol. The highest BCUT2D eigenvalue weighted by Crippen LogP contribution is 2.32. The highest BCUT2D eigenvalue weighted by molar-refractivity contribution is 5.70. The van der Waals surface area contributed by atoms with E-state index in [0.29, 0.717) is 0 Å². The van der Waals surface area contributed by atoms with E-state index in [1.165, 1.54) is 12.1 Å². The fourth-order valence-corrected chi connectivity index (χ4v) is 1.34. The number of aromatic hydroxyl groups is 1. The summed E-state index contributed by atoms with van der Waals surface area (Å²) in [4.78, 5) is 4.38. The molecule has 0 saturated heterocycles. The largest absolute Gasteiger partial charge is 0.507 e. The Labute approximate surface area is 89.7 Å². The zero-order valence-electron chi connectivity index (χ0n) is 8.02. The molecule has 4 nitrogen and oxygen atoms in total. The molecule has 0 saturated carbocycles. The zero-order chi connectivity index (χ0) is 11.8. The first-order valence-corrected chi connectivity index (χ1v) is 4.49. The van der Waals surface area contributed by atoms with Crippen LogP contribution in [-0.2, 0) is 4.84 Å². The molecule has 3 N–H and O–H groups in total. The second-order valence-corrected chi connectivity index (χ2v) is 3.33. The van der Waals surface area contributed by atoms with Crippen molar-refractivity contribution < 1.29 is 23.8 Å². The van der Waals surface area contributed by atoms with E-state index in [4.69, 9.17) is 0 Å². The van der Waals surface area contributed by atoms with Crippen molar-refractivity contribution in [1.29, 1.82) is 0 Å². The maximum absolute atomic E-state index is 12.4. The second kappa shape index (κ2) is 3.73. The molecule has 0 amide bonds. The minimum absolute atomic E-state index is 0.0941. The van der Waals surface area contributed by atoms with Crippen LogP contribution in [0.3, 0.4) is 0 Å². The monoisotopic (exact) mass is 229 g/mol. The van der Waals surface area contributed by atoms with Crippen molar-refractivity contribution in [3.05, 3.63) is 35.9 Å². The number of para-hydroxylation sites is 1. The van der Waals surface area contributed by atoms with Crippen LogP contribution >= 0.6 is 0 Å². The Balaban J connectivity index is 2.35. The Morgan fingerprint density at radius 1 is 1.31 bits per heavy atom. The second-order valence-electron chi connectivity index (χ2n) is 3.33. The highest BCUT2D eigenvalue weighted by atomic mass is 19.3. The Morgan fingerprint density at radius 2 is 2.00 bits per heavy atom.